The summed E-state index contributed by atoms with van der Waals surface area (Å²) in [6.07, 6.45) is 6.71. The van der Waals surface area contributed by atoms with Crippen LogP contribution in [0.2, 0.25) is 19.6 Å². The minimum atomic E-state index is -1.38. The molecule has 0 radical (unpaired) electrons. The van der Waals surface area contributed by atoms with Gasteiger partial charge in [0, 0.05) is 16.6 Å². The van der Waals surface area contributed by atoms with Crippen molar-refractivity contribution >= 4 is 19.9 Å². The topological polar surface area (TPSA) is 37.3 Å². The number of hydrogen-bond acceptors (Lipinski definition) is 2. The summed E-state index contributed by atoms with van der Waals surface area (Å²) in [7, 11) is -1.38. The van der Waals surface area contributed by atoms with E-state index in [1.807, 2.05) is 30.3 Å². The molecule has 2 aliphatic carbocycles. The maximum Gasteiger partial charge on any atom is 0.181 e. The molecule has 0 bridgehead atoms. The average Bonchev–Trinajstić information content (AvgIpc) is 2.56. The van der Waals surface area contributed by atoms with Crippen LogP contribution in [0.3, 0.4) is 0 Å². The predicted octanol–water partition coefficient (Wildman–Crippen LogP) is 4.75. The molecular formula is C23H28O2Si. The van der Waals surface area contributed by atoms with Crippen LogP contribution in [0.15, 0.2) is 41.5 Å². The minimum absolute atomic E-state index is 0.0918. The van der Waals surface area contributed by atoms with Crippen LogP contribution in [-0.4, -0.2) is 25.1 Å². The van der Waals surface area contributed by atoms with Gasteiger partial charge in [0.2, 0.25) is 0 Å². The van der Waals surface area contributed by atoms with E-state index in [-0.39, 0.29) is 17.3 Å². The molecule has 0 aliphatic heterocycles. The number of aliphatic hydroxyl groups excluding tert-OH is 1. The second-order valence-electron chi connectivity index (χ2n) is 8.83. The normalized spacial score (nSPS) is 27.4. The Bertz CT molecular complexity index is 828. The lowest BCUT2D eigenvalue weighted by molar-refractivity contribution is -0.112. The molecule has 0 unspecified atom stereocenters. The van der Waals surface area contributed by atoms with Gasteiger partial charge in [0.05, 0.1) is 6.10 Å². The molecule has 3 rings (SSSR count). The molecule has 0 heterocycles. The number of ketones is 1. The summed E-state index contributed by atoms with van der Waals surface area (Å²) >= 11 is 0. The Kier molecular flexibility index (Phi) is 5.10. The lowest BCUT2D eigenvalue weighted by atomic mass is 9.63. The van der Waals surface area contributed by atoms with Crippen molar-refractivity contribution in [3.05, 3.63) is 52.6 Å². The molecule has 2 atom stereocenters. The SMILES string of the molecule is C[C@]12CC(=Cc3ccc(C#C[Si](C)(C)C)cc3)C(=O)C=C1CCC[C@@H]2O. The van der Waals surface area contributed by atoms with Gasteiger partial charge in [-0.3, -0.25) is 4.79 Å². The average molecular weight is 365 g/mol. The highest BCUT2D eigenvalue weighted by Gasteiger charge is 2.43. The summed E-state index contributed by atoms with van der Waals surface area (Å²) in [5.74, 6) is 3.35. The smallest absolute Gasteiger partial charge is 0.181 e. The number of benzene rings is 1. The van der Waals surface area contributed by atoms with Gasteiger partial charge in [-0.25, -0.2) is 0 Å². The zero-order valence-corrected chi connectivity index (χ0v) is 17.2. The Morgan fingerprint density at radius 2 is 1.92 bits per heavy atom. The van der Waals surface area contributed by atoms with E-state index >= 15 is 0 Å². The predicted molar refractivity (Wildman–Crippen MR) is 110 cm³/mol. The van der Waals surface area contributed by atoms with Crippen LogP contribution in [0.4, 0.5) is 0 Å². The molecule has 0 aromatic heterocycles. The number of carbonyl (C=O) groups is 1. The number of aliphatic hydroxyl groups is 1. The van der Waals surface area contributed by atoms with Gasteiger partial charge < -0.3 is 5.11 Å². The number of fused-ring (bicyclic) bond motifs is 1. The quantitative estimate of drug-likeness (QED) is 0.444. The van der Waals surface area contributed by atoms with Gasteiger partial charge in [-0.2, -0.15) is 0 Å². The molecule has 136 valence electrons. The van der Waals surface area contributed by atoms with E-state index in [1.54, 1.807) is 6.08 Å². The number of rotatable bonds is 1. The largest absolute Gasteiger partial charge is 0.392 e. The second-order valence-corrected chi connectivity index (χ2v) is 13.6. The summed E-state index contributed by atoms with van der Waals surface area (Å²) < 4.78 is 0. The second kappa shape index (κ2) is 7.02. The summed E-state index contributed by atoms with van der Waals surface area (Å²) in [6.45, 7) is 8.79. The molecule has 1 fully saturated rings. The summed E-state index contributed by atoms with van der Waals surface area (Å²) in [4.78, 5) is 12.5. The zero-order valence-electron chi connectivity index (χ0n) is 16.2. The molecule has 0 amide bonds. The van der Waals surface area contributed by atoms with Crippen molar-refractivity contribution in [1.29, 1.82) is 0 Å². The molecule has 3 heteroatoms. The zero-order chi connectivity index (χ0) is 18.9. The van der Waals surface area contributed by atoms with Crippen molar-refractivity contribution < 1.29 is 9.90 Å². The van der Waals surface area contributed by atoms with E-state index in [0.29, 0.717) is 6.42 Å². The van der Waals surface area contributed by atoms with E-state index in [4.69, 9.17) is 0 Å². The summed E-state index contributed by atoms with van der Waals surface area (Å²) in [5.41, 5.74) is 7.02. The van der Waals surface area contributed by atoms with E-state index in [1.165, 1.54) is 0 Å². The van der Waals surface area contributed by atoms with Gasteiger partial charge in [-0.05, 0) is 55.5 Å². The molecule has 1 aromatic carbocycles. The first kappa shape index (κ1) is 18.9. The molecule has 1 aromatic rings. The highest BCUT2D eigenvalue weighted by molar-refractivity contribution is 6.83. The third-order valence-electron chi connectivity index (χ3n) is 5.41. The lowest BCUT2D eigenvalue weighted by Gasteiger charge is -2.43. The van der Waals surface area contributed by atoms with E-state index in [2.05, 4.69) is 38.0 Å². The Labute approximate surface area is 158 Å². The first-order chi connectivity index (χ1) is 12.2. The third kappa shape index (κ3) is 4.08. The fraction of sp³-hybridized carbons (Fsp3) is 0.435. The fourth-order valence-corrected chi connectivity index (χ4v) is 4.27. The maximum atomic E-state index is 12.5. The Morgan fingerprint density at radius 3 is 2.58 bits per heavy atom. The van der Waals surface area contributed by atoms with Crippen LogP contribution in [0.5, 0.6) is 0 Å². The Balaban J connectivity index is 1.85. The Hall–Kier alpha value is -1.89. The van der Waals surface area contributed by atoms with Gasteiger partial charge in [-0.15, -0.1) is 5.54 Å². The minimum Gasteiger partial charge on any atom is -0.392 e. The van der Waals surface area contributed by atoms with Gasteiger partial charge in [0.1, 0.15) is 8.07 Å². The van der Waals surface area contributed by atoms with Crippen LogP contribution in [0, 0.1) is 16.9 Å². The number of hydrogen-bond donors (Lipinski definition) is 1. The van der Waals surface area contributed by atoms with Crippen LogP contribution < -0.4 is 0 Å². The van der Waals surface area contributed by atoms with Gasteiger partial charge in [-0.1, -0.05) is 50.2 Å². The van der Waals surface area contributed by atoms with Crippen molar-refractivity contribution in [2.24, 2.45) is 5.41 Å². The first-order valence-corrected chi connectivity index (χ1v) is 12.9. The molecule has 0 saturated heterocycles. The first-order valence-electron chi connectivity index (χ1n) is 9.45. The molecule has 1 saturated carbocycles. The van der Waals surface area contributed by atoms with Crippen LogP contribution in [0.1, 0.15) is 43.7 Å². The van der Waals surface area contributed by atoms with Crippen molar-refractivity contribution in [1.82, 2.24) is 0 Å². The van der Waals surface area contributed by atoms with Crippen LogP contribution >= 0.6 is 0 Å². The third-order valence-corrected chi connectivity index (χ3v) is 6.28. The van der Waals surface area contributed by atoms with Crippen LogP contribution in [0.25, 0.3) is 6.08 Å². The highest BCUT2D eigenvalue weighted by atomic mass is 28.3. The van der Waals surface area contributed by atoms with Crippen molar-refractivity contribution in [2.75, 3.05) is 0 Å². The molecule has 2 aliphatic rings. The molecular weight excluding hydrogens is 336 g/mol. The van der Waals surface area contributed by atoms with Crippen molar-refractivity contribution in [2.45, 2.75) is 58.4 Å². The molecule has 26 heavy (non-hydrogen) atoms. The number of carbonyl (C=O) groups excluding carboxylic acids is 1. The number of allylic oxidation sites excluding steroid dienone is 2. The summed E-state index contributed by atoms with van der Waals surface area (Å²) in [5, 5.41) is 10.5. The van der Waals surface area contributed by atoms with Crippen molar-refractivity contribution in [3.63, 3.8) is 0 Å². The van der Waals surface area contributed by atoms with E-state index < -0.39 is 8.07 Å². The van der Waals surface area contributed by atoms with Gasteiger partial charge in [0.25, 0.3) is 0 Å². The summed E-state index contributed by atoms with van der Waals surface area (Å²) in [6, 6.07) is 8.08. The van der Waals surface area contributed by atoms with Gasteiger partial charge >= 0.3 is 0 Å². The van der Waals surface area contributed by atoms with E-state index in [9.17, 15) is 9.90 Å². The fourth-order valence-electron chi connectivity index (χ4n) is 3.75. The lowest BCUT2D eigenvalue weighted by Crippen LogP contribution is -2.40. The molecule has 0 spiro atoms. The molecule has 1 N–H and O–H groups in total. The maximum absolute atomic E-state index is 12.5. The Morgan fingerprint density at radius 1 is 1.23 bits per heavy atom. The highest BCUT2D eigenvalue weighted by Crippen LogP contribution is 2.48. The van der Waals surface area contributed by atoms with E-state index in [0.717, 1.165) is 41.5 Å². The van der Waals surface area contributed by atoms with Crippen LogP contribution in [-0.2, 0) is 4.79 Å². The van der Waals surface area contributed by atoms with Crippen molar-refractivity contribution in [3.8, 4) is 11.5 Å². The monoisotopic (exact) mass is 364 g/mol. The molecule has 2 nitrogen and oxygen atoms in total. The van der Waals surface area contributed by atoms with Gasteiger partial charge in [0.15, 0.2) is 5.78 Å². The standard InChI is InChI=1S/C23H28O2Si/c1-23-16-19(21(24)15-20(23)6-5-7-22(23)25)14-18-10-8-17(9-11-18)12-13-26(2,3)4/h8-11,14-15,22,25H,5-7,16H2,1-4H3/t22-,23-/m0/s1.